The number of fused-ring (bicyclic) bond motifs is 2. The van der Waals surface area contributed by atoms with E-state index >= 15 is 0 Å². The largest absolute Gasteiger partial charge is 0.458 e. The zero-order valence-corrected chi connectivity index (χ0v) is 22.1. The minimum atomic E-state index is -0.237. The summed E-state index contributed by atoms with van der Waals surface area (Å²) in [5.74, 6) is 1.03. The smallest absolute Gasteiger partial charge is 0.258 e. The number of piperazine rings is 1. The zero-order chi connectivity index (χ0) is 26.9. The van der Waals surface area contributed by atoms with Gasteiger partial charge in [-0.1, -0.05) is 29.8 Å². The molecule has 0 saturated carbocycles. The molecule has 6 rings (SSSR count). The summed E-state index contributed by atoms with van der Waals surface area (Å²) >= 11 is 6.18. The molecule has 1 saturated heterocycles. The summed E-state index contributed by atoms with van der Waals surface area (Å²) in [4.78, 5) is 30.2. The van der Waals surface area contributed by atoms with Crippen molar-refractivity contribution in [2.75, 3.05) is 43.9 Å². The van der Waals surface area contributed by atoms with Gasteiger partial charge < -0.3 is 29.9 Å². The normalized spacial score (nSPS) is 17.5. The average molecular weight is 543 g/mol. The number of anilines is 2. The van der Waals surface area contributed by atoms with Crippen LogP contribution in [0, 0.1) is 0 Å². The summed E-state index contributed by atoms with van der Waals surface area (Å²) in [5, 5.41) is 6.91. The lowest BCUT2D eigenvalue weighted by atomic mass is 9.99. The molecule has 8 nitrogen and oxygen atoms in total. The Balaban J connectivity index is 1.31. The maximum absolute atomic E-state index is 13.2. The predicted molar refractivity (Wildman–Crippen MR) is 152 cm³/mol. The number of nitrogens with zero attached hydrogens (tertiary/aromatic N) is 2. The highest BCUT2D eigenvalue weighted by Gasteiger charge is 2.29. The summed E-state index contributed by atoms with van der Waals surface area (Å²) in [7, 11) is 2.07. The van der Waals surface area contributed by atoms with Crippen LogP contribution in [0.1, 0.15) is 16.7 Å². The molecule has 0 atom stereocenters. The molecule has 2 amide bonds. The molecule has 39 heavy (non-hydrogen) atoms. The highest BCUT2D eigenvalue weighted by atomic mass is 35.5. The molecule has 9 heteroatoms. The van der Waals surface area contributed by atoms with Crippen molar-refractivity contribution in [3.8, 4) is 11.5 Å². The third kappa shape index (κ3) is 5.21. The van der Waals surface area contributed by atoms with Gasteiger partial charge in [-0.05, 0) is 55.1 Å². The number of nitrogens with one attached hydrogen (secondary N) is 2. The summed E-state index contributed by atoms with van der Waals surface area (Å²) < 4.78 is 11.2. The van der Waals surface area contributed by atoms with Crippen molar-refractivity contribution in [2.24, 2.45) is 0 Å². The lowest BCUT2D eigenvalue weighted by molar-refractivity contribution is -0.132. The van der Waals surface area contributed by atoms with Gasteiger partial charge in [0.05, 0.1) is 23.4 Å². The highest BCUT2D eigenvalue weighted by Crippen LogP contribution is 2.41. The molecule has 0 bridgehead atoms. The quantitative estimate of drug-likeness (QED) is 0.449. The number of carbonyl (C=O) groups excluding carboxylic acids is 2. The number of halogens is 1. The van der Waals surface area contributed by atoms with Crippen molar-refractivity contribution in [1.29, 1.82) is 0 Å². The minimum Gasteiger partial charge on any atom is -0.458 e. The summed E-state index contributed by atoms with van der Waals surface area (Å²) in [6.07, 6.45) is 3.29. The van der Waals surface area contributed by atoms with Crippen molar-refractivity contribution < 1.29 is 19.1 Å². The average Bonchev–Trinajstić information content (AvgIpc) is 3.27. The van der Waals surface area contributed by atoms with Gasteiger partial charge in [0.2, 0.25) is 5.91 Å². The second kappa shape index (κ2) is 10.5. The van der Waals surface area contributed by atoms with E-state index < -0.39 is 0 Å². The molecule has 2 N–H and O–H groups in total. The molecule has 3 aliphatic rings. The number of benzene rings is 3. The molecule has 0 aromatic heterocycles. The number of rotatable bonds is 5. The number of amides is 2. The monoisotopic (exact) mass is 542 g/mol. The number of likely N-dealkylation sites (N-methyl/N-ethyl adjacent to an activating group) is 1. The van der Waals surface area contributed by atoms with Gasteiger partial charge in [0.25, 0.3) is 5.91 Å². The predicted octanol–water partition coefficient (Wildman–Crippen LogP) is 4.83. The molecular formula is C30H27ClN4O4. The highest BCUT2D eigenvalue weighted by molar-refractivity contribution is 6.38. The maximum Gasteiger partial charge on any atom is 0.258 e. The number of hydrogen-bond donors (Lipinski definition) is 2. The number of hydrogen-bond acceptors (Lipinski definition) is 6. The van der Waals surface area contributed by atoms with Crippen molar-refractivity contribution in [1.82, 2.24) is 9.80 Å². The van der Waals surface area contributed by atoms with Crippen LogP contribution < -0.4 is 20.1 Å². The van der Waals surface area contributed by atoms with Crippen molar-refractivity contribution in [2.45, 2.75) is 6.42 Å². The molecule has 0 spiro atoms. The Hall–Kier alpha value is -4.27. The Bertz CT molecular complexity index is 1510. The van der Waals surface area contributed by atoms with E-state index in [1.54, 1.807) is 18.2 Å². The first-order valence-corrected chi connectivity index (χ1v) is 13.1. The van der Waals surface area contributed by atoms with E-state index in [0.717, 1.165) is 48.6 Å². The maximum atomic E-state index is 13.2. The first kappa shape index (κ1) is 25.0. The van der Waals surface area contributed by atoms with E-state index in [-0.39, 0.29) is 11.8 Å². The topological polar surface area (TPSA) is 83.1 Å². The molecule has 198 valence electrons. The Morgan fingerprint density at radius 3 is 2.46 bits per heavy atom. The standard InChI is InChI=1S/C30H27ClN4O4/c1-34-10-12-35(13-11-34)27(36)16-19-2-6-22(7-3-19)32-29(20-4-9-25-26(17-20)39-15-14-38-25)28-23-8-5-21(31)18-24(23)33-30(28)37/h2-9,14-15,17-18,32H,10-13,16H2,1H3,(H,33,37)/b29-28-. The zero-order valence-electron chi connectivity index (χ0n) is 21.4. The van der Waals surface area contributed by atoms with Gasteiger partial charge in [-0.2, -0.15) is 0 Å². The fourth-order valence-electron chi connectivity index (χ4n) is 4.92. The second-order valence-corrected chi connectivity index (χ2v) is 10.2. The lowest BCUT2D eigenvalue weighted by Gasteiger charge is -2.32. The van der Waals surface area contributed by atoms with Gasteiger partial charge in [-0.15, -0.1) is 0 Å². The molecule has 0 aliphatic carbocycles. The van der Waals surface area contributed by atoms with Gasteiger partial charge in [-0.3, -0.25) is 9.59 Å². The van der Waals surface area contributed by atoms with Crippen LogP contribution in [0.2, 0.25) is 5.02 Å². The fraction of sp³-hybridized carbons (Fsp3) is 0.200. The van der Waals surface area contributed by atoms with Gasteiger partial charge >= 0.3 is 0 Å². The summed E-state index contributed by atoms with van der Waals surface area (Å²) in [5.41, 5.74) is 4.95. The Kier molecular flexibility index (Phi) is 6.72. The van der Waals surface area contributed by atoms with Crippen LogP contribution in [0.4, 0.5) is 11.4 Å². The van der Waals surface area contributed by atoms with Gasteiger partial charge in [0.15, 0.2) is 11.5 Å². The minimum absolute atomic E-state index is 0.134. The third-order valence-electron chi connectivity index (χ3n) is 7.09. The second-order valence-electron chi connectivity index (χ2n) is 9.75. The fourth-order valence-corrected chi connectivity index (χ4v) is 5.09. The molecule has 3 aromatic carbocycles. The van der Waals surface area contributed by atoms with Gasteiger partial charge in [0, 0.05) is 48.0 Å². The van der Waals surface area contributed by atoms with Crippen molar-refractivity contribution in [3.63, 3.8) is 0 Å². The van der Waals surface area contributed by atoms with E-state index in [1.807, 2.05) is 47.4 Å². The number of ether oxygens (including phenoxy) is 2. The van der Waals surface area contributed by atoms with E-state index in [2.05, 4.69) is 22.6 Å². The van der Waals surface area contributed by atoms with Crippen LogP contribution in [0.25, 0.3) is 11.3 Å². The van der Waals surface area contributed by atoms with Crippen LogP contribution in [-0.4, -0.2) is 54.8 Å². The van der Waals surface area contributed by atoms with Gasteiger partial charge in [0.1, 0.15) is 12.5 Å². The Morgan fingerprint density at radius 2 is 1.69 bits per heavy atom. The molecule has 0 unspecified atom stereocenters. The third-order valence-corrected chi connectivity index (χ3v) is 7.32. The molecule has 3 aliphatic heterocycles. The summed E-state index contributed by atoms with van der Waals surface area (Å²) in [6, 6.07) is 18.6. The first-order chi connectivity index (χ1) is 18.9. The van der Waals surface area contributed by atoms with Crippen LogP contribution in [0.5, 0.6) is 11.5 Å². The molecule has 0 radical (unpaired) electrons. The first-order valence-electron chi connectivity index (χ1n) is 12.8. The van der Waals surface area contributed by atoms with E-state index in [1.165, 1.54) is 12.5 Å². The summed E-state index contributed by atoms with van der Waals surface area (Å²) in [6.45, 7) is 3.30. The van der Waals surface area contributed by atoms with Crippen LogP contribution in [-0.2, 0) is 16.0 Å². The Labute approximate surface area is 231 Å². The number of carbonyl (C=O) groups is 2. The molecule has 1 fully saturated rings. The van der Waals surface area contributed by atoms with Crippen LogP contribution in [0.3, 0.4) is 0 Å². The lowest BCUT2D eigenvalue weighted by Crippen LogP contribution is -2.47. The molecule has 3 aromatic rings. The van der Waals surface area contributed by atoms with E-state index in [0.29, 0.717) is 39.9 Å². The van der Waals surface area contributed by atoms with Crippen LogP contribution in [0.15, 0.2) is 73.2 Å². The molecular weight excluding hydrogens is 516 g/mol. The van der Waals surface area contributed by atoms with Gasteiger partial charge in [-0.25, -0.2) is 0 Å². The van der Waals surface area contributed by atoms with E-state index in [9.17, 15) is 9.59 Å². The van der Waals surface area contributed by atoms with Crippen molar-refractivity contribution in [3.05, 3.63) is 94.9 Å². The Morgan fingerprint density at radius 1 is 0.949 bits per heavy atom. The van der Waals surface area contributed by atoms with Crippen LogP contribution >= 0.6 is 11.6 Å². The SMILES string of the molecule is CN1CCN(C(=O)Cc2ccc(N/C(=C3\C(=O)Nc4cc(Cl)ccc43)c3ccc4c(c3)OC=CO4)cc2)CC1. The van der Waals surface area contributed by atoms with E-state index in [4.69, 9.17) is 21.1 Å². The van der Waals surface area contributed by atoms with Crippen molar-refractivity contribution >= 4 is 46.1 Å². The molecule has 3 heterocycles.